The van der Waals surface area contributed by atoms with Crippen LogP contribution in [0, 0.1) is 5.92 Å². The van der Waals surface area contributed by atoms with Crippen molar-refractivity contribution in [2.45, 2.75) is 26.7 Å². The summed E-state index contributed by atoms with van der Waals surface area (Å²) < 4.78 is 0. The lowest BCUT2D eigenvalue weighted by Crippen LogP contribution is -2.28. The zero-order chi connectivity index (χ0) is 12.0. The largest absolute Gasteiger partial charge is 0.374 e. The third-order valence-electron chi connectivity index (χ3n) is 2.90. The van der Waals surface area contributed by atoms with Gasteiger partial charge in [-0.05, 0) is 36.6 Å². The van der Waals surface area contributed by atoms with E-state index in [0.717, 1.165) is 13.1 Å². The Morgan fingerprint density at radius 2 is 1.88 bits per heavy atom. The maximum atomic E-state index is 5.64. The predicted octanol–water partition coefficient (Wildman–Crippen LogP) is 2.67. The molecule has 0 aliphatic heterocycles. The maximum Gasteiger partial charge on any atom is 0.0363 e. The first-order chi connectivity index (χ1) is 7.67. The van der Waals surface area contributed by atoms with E-state index in [1.54, 1.807) is 0 Å². The second-order valence-corrected chi connectivity index (χ2v) is 4.64. The molecule has 2 nitrogen and oxygen atoms in total. The van der Waals surface area contributed by atoms with E-state index in [1.807, 2.05) is 0 Å². The normalized spacial score (nSPS) is 12.5. The molecule has 2 heteroatoms. The lowest BCUT2D eigenvalue weighted by atomic mass is 10.1. The summed E-state index contributed by atoms with van der Waals surface area (Å²) in [6.07, 6.45) is 2.38. The van der Waals surface area contributed by atoms with Crippen LogP contribution >= 0.6 is 0 Å². The summed E-state index contributed by atoms with van der Waals surface area (Å²) in [7, 11) is 2.13. The third kappa shape index (κ3) is 3.86. The quantitative estimate of drug-likeness (QED) is 0.798. The highest BCUT2D eigenvalue weighted by molar-refractivity contribution is 5.46. The molecule has 16 heavy (non-hydrogen) atoms. The first kappa shape index (κ1) is 13.0. The minimum Gasteiger partial charge on any atom is -0.374 e. The highest BCUT2D eigenvalue weighted by Gasteiger charge is 2.05. The predicted molar refractivity (Wildman–Crippen MR) is 71.9 cm³/mol. The van der Waals surface area contributed by atoms with Crippen molar-refractivity contribution >= 4 is 5.69 Å². The molecular weight excluding hydrogens is 196 g/mol. The highest BCUT2D eigenvalue weighted by Crippen LogP contribution is 2.15. The van der Waals surface area contributed by atoms with Crippen molar-refractivity contribution in [2.24, 2.45) is 11.7 Å². The van der Waals surface area contributed by atoms with Gasteiger partial charge in [0.25, 0.3) is 0 Å². The van der Waals surface area contributed by atoms with E-state index in [2.05, 4.69) is 50.1 Å². The van der Waals surface area contributed by atoms with Gasteiger partial charge in [0, 0.05) is 19.3 Å². The molecule has 0 aromatic heterocycles. The molecule has 0 heterocycles. The van der Waals surface area contributed by atoms with Crippen LogP contribution in [0.25, 0.3) is 0 Å². The Kier molecular flexibility index (Phi) is 5.33. The number of aryl methyl sites for hydroxylation is 1. The molecule has 0 aliphatic carbocycles. The SMILES string of the molecule is CCCc1ccc(N(C)CC(C)CN)cc1. The standard InChI is InChI=1S/C14H24N2/c1-4-5-13-6-8-14(9-7-13)16(3)11-12(2)10-15/h6-9,12H,4-5,10-11,15H2,1-3H3. The van der Waals surface area contributed by atoms with E-state index in [-0.39, 0.29) is 0 Å². The number of rotatable bonds is 6. The average molecular weight is 220 g/mol. The van der Waals surface area contributed by atoms with Crippen LogP contribution in [0.2, 0.25) is 0 Å². The van der Waals surface area contributed by atoms with Crippen LogP contribution in [0.5, 0.6) is 0 Å². The fraction of sp³-hybridized carbons (Fsp3) is 0.571. The van der Waals surface area contributed by atoms with Gasteiger partial charge < -0.3 is 10.6 Å². The van der Waals surface area contributed by atoms with Gasteiger partial charge in [-0.15, -0.1) is 0 Å². The smallest absolute Gasteiger partial charge is 0.0363 e. The number of hydrogen-bond acceptors (Lipinski definition) is 2. The van der Waals surface area contributed by atoms with Gasteiger partial charge in [-0.2, -0.15) is 0 Å². The van der Waals surface area contributed by atoms with Crippen molar-refractivity contribution in [1.82, 2.24) is 0 Å². The summed E-state index contributed by atoms with van der Waals surface area (Å²) in [5.74, 6) is 0.542. The van der Waals surface area contributed by atoms with Crippen LogP contribution in [0.15, 0.2) is 24.3 Å². The number of benzene rings is 1. The minimum atomic E-state index is 0.542. The van der Waals surface area contributed by atoms with Crippen molar-refractivity contribution in [2.75, 3.05) is 25.0 Å². The van der Waals surface area contributed by atoms with Crippen LogP contribution in [-0.4, -0.2) is 20.1 Å². The fourth-order valence-electron chi connectivity index (χ4n) is 1.85. The summed E-state index contributed by atoms with van der Waals surface area (Å²) >= 11 is 0. The van der Waals surface area contributed by atoms with Gasteiger partial charge in [0.2, 0.25) is 0 Å². The highest BCUT2D eigenvalue weighted by atomic mass is 15.1. The Morgan fingerprint density at radius 3 is 2.38 bits per heavy atom. The molecular formula is C14H24N2. The van der Waals surface area contributed by atoms with Gasteiger partial charge in [0.1, 0.15) is 0 Å². The Morgan fingerprint density at radius 1 is 1.25 bits per heavy atom. The van der Waals surface area contributed by atoms with Crippen molar-refractivity contribution in [1.29, 1.82) is 0 Å². The zero-order valence-corrected chi connectivity index (χ0v) is 10.7. The average Bonchev–Trinajstić information content (AvgIpc) is 2.30. The molecule has 0 bridgehead atoms. The van der Waals surface area contributed by atoms with E-state index >= 15 is 0 Å². The van der Waals surface area contributed by atoms with Crippen LogP contribution in [0.1, 0.15) is 25.8 Å². The molecule has 1 aromatic carbocycles. The topological polar surface area (TPSA) is 29.3 Å². The van der Waals surface area contributed by atoms with Gasteiger partial charge in [0.05, 0.1) is 0 Å². The molecule has 0 aliphatic rings. The van der Waals surface area contributed by atoms with Gasteiger partial charge in [0.15, 0.2) is 0 Å². The van der Waals surface area contributed by atoms with E-state index in [9.17, 15) is 0 Å². The molecule has 90 valence electrons. The molecule has 0 saturated carbocycles. The van der Waals surface area contributed by atoms with Crippen molar-refractivity contribution in [3.63, 3.8) is 0 Å². The molecule has 0 spiro atoms. The molecule has 1 unspecified atom stereocenters. The van der Waals surface area contributed by atoms with E-state index in [0.29, 0.717) is 5.92 Å². The van der Waals surface area contributed by atoms with Crippen LogP contribution in [0.4, 0.5) is 5.69 Å². The second-order valence-electron chi connectivity index (χ2n) is 4.64. The van der Waals surface area contributed by atoms with Crippen LogP contribution in [-0.2, 0) is 6.42 Å². The molecule has 0 amide bonds. The van der Waals surface area contributed by atoms with Gasteiger partial charge in [-0.25, -0.2) is 0 Å². The Bertz CT molecular complexity index is 292. The number of nitrogens with two attached hydrogens (primary N) is 1. The third-order valence-corrected chi connectivity index (χ3v) is 2.90. The minimum absolute atomic E-state index is 0.542. The molecule has 0 saturated heterocycles. The summed E-state index contributed by atoms with van der Waals surface area (Å²) in [6, 6.07) is 8.85. The first-order valence-electron chi connectivity index (χ1n) is 6.17. The van der Waals surface area contributed by atoms with Crippen molar-refractivity contribution in [3.8, 4) is 0 Å². The fourth-order valence-corrected chi connectivity index (χ4v) is 1.85. The van der Waals surface area contributed by atoms with E-state index in [4.69, 9.17) is 5.73 Å². The number of nitrogens with zero attached hydrogens (tertiary/aromatic N) is 1. The molecule has 1 rings (SSSR count). The van der Waals surface area contributed by atoms with Crippen LogP contribution < -0.4 is 10.6 Å². The summed E-state index contributed by atoms with van der Waals surface area (Å²) in [5, 5.41) is 0. The molecule has 0 radical (unpaired) electrons. The van der Waals surface area contributed by atoms with Crippen molar-refractivity contribution < 1.29 is 0 Å². The lowest BCUT2D eigenvalue weighted by Gasteiger charge is -2.22. The number of anilines is 1. The van der Waals surface area contributed by atoms with E-state index in [1.165, 1.54) is 24.1 Å². The molecule has 1 aromatic rings. The van der Waals surface area contributed by atoms with Gasteiger partial charge in [-0.1, -0.05) is 32.4 Å². The number of hydrogen-bond donors (Lipinski definition) is 1. The zero-order valence-electron chi connectivity index (χ0n) is 10.7. The maximum absolute atomic E-state index is 5.64. The summed E-state index contributed by atoms with van der Waals surface area (Å²) in [4.78, 5) is 2.27. The molecule has 2 N–H and O–H groups in total. The van der Waals surface area contributed by atoms with Crippen LogP contribution in [0.3, 0.4) is 0 Å². The Labute approximate surface area is 99.5 Å². The van der Waals surface area contributed by atoms with Gasteiger partial charge in [-0.3, -0.25) is 0 Å². The molecule has 0 fully saturated rings. The van der Waals surface area contributed by atoms with E-state index < -0.39 is 0 Å². The summed E-state index contributed by atoms with van der Waals surface area (Å²) in [5.41, 5.74) is 8.34. The lowest BCUT2D eigenvalue weighted by molar-refractivity contribution is 0.590. The summed E-state index contributed by atoms with van der Waals surface area (Å²) in [6.45, 7) is 6.16. The monoisotopic (exact) mass is 220 g/mol. The van der Waals surface area contributed by atoms with Crippen molar-refractivity contribution in [3.05, 3.63) is 29.8 Å². The second kappa shape index (κ2) is 6.54. The Balaban J connectivity index is 2.59. The molecule has 1 atom stereocenters. The van der Waals surface area contributed by atoms with Gasteiger partial charge >= 0.3 is 0 Å². The first-order valence-corrected chi connectivity index (χ1v) is 6.17. The Hall–Kier alpha value is -1.02.